The molecule has 2 aromatic rings. The summed E-state index contributed by atoms with van der Waals surface area (Å²) in [5.74, 6) is 0.285. The van der Waals surface area contributed by atoms with Gasteiger partial charge in [-0.15, -0.1) is 0 Å². The van der Waals surface area contributed by atoms with Crippen LogP contribution < -0.4 is 4.72 Å². The molecule has 0 aliphatic rings. The summed E-state index contributed by atoms with van der Waals surface area (Å²) < 4.78 is 22.9. The van der Waals surface area contributed by atoms with Gasteiger partial charge in [-0.1, -0.05) is 0 Å². The predicted octanol–water partition coefficient (Wildman–Crippen LogP) is 0.568. The lowest BCUT2D eigenvalue weighted by molar-refractivity contribution is 0.619. The van der Waals surface area contributed by atoms with Gasteiger partial charge in [0.25, 0.3) is 0 Å². The Kier molecular flexibility index (Phi) is 2.28. The van der Waals surface area contributed by atoms with Crippen molar-refractivity contribution in [2.75, 3.05) is 4.72 Å². The Morgan fingerprint density at radius 1 is 1.21 bits per heavy atom. The fourth-order valence-electron chi connectivity index (χ4n) is 1.11. The van der Waals surface area contributed by atoms with Crippen molar-refractivity contribution in [3.63, 3.8) is 0 Å². The highest BCUT2D eigenvalue weighted by molar-refractivity contribution is 7.73. The van der Waals surface area contributed by atoms with Gasteiger partial charge in [0.15, 0.2) is 5.65 Å². The van der Waals surface area contributed by atoms with E-state index < -0.39 is 10.9 Å². The average Bonchev–Trinajstić information content (AvgIpc) is 2.17. The number of fused-ring (bicyclic) bond motifs is 1. The molecule has 14 heavy (non-hydrogen) atoms. The minimum absolute atomic E-state index is 0.285. The first-order valence-corrected chi connectivity index (χ1v) is 5.06. The SMILES string of the molecule is O=[SH](=O)Nc1ccc2cccnc2n1. The fourth-order valence-corrected chi connectivity index (χ4v) is 1.42. The molecular weight excluding hydrogens is 202 g/mol. The lowest BCUT2D eigenvalue weighted by Gasteiger charge is -1.99. The second-order valence-electron chi connectivity index (χ2n) is 2.62. The molecule has 0 unspecified atom stereocenters. The molecule has 2 heterocycles. The number of nitrogens with one attached hydrogen (secondary N) is 1. The van der Waals surface area contributed by atoms with Crippen LogP contribution in [0.3, 0.4) is 0 Å². The minimum Gasteiger partial charge on any atom is -0.270 e. The van der Waals surface area contributed by atoms with Crippen molar-refractivity contribution in [1.82, 2.24) is 9.97 Å². The van der Waals surface area contributed by atoms with Crippen LogP contribution in [-0.2, 0) is 10.9 Å². The second-order valence-corrected chi connectivity index (χ2v) is 3.35. The van der Waals surface area contributed by atoms with Crippen LogP contribution in [0.1, 0.15) is 0 Å². The number of hydrogen-bond acceptors (Lipinski definition) is 4. The average molecular weight is 209 g/mol. The van der Waals surface area contributed by atoms with Crippen molar-refractivity contribution >= 4 is 27.7 Å². The van der Waals surface area contributed by atoms with Crippen LogP contribution in [0.15, 0.2) is 30.5 Å². The first-order valence-electron chi connectivity index (χ1n) is 3.88. The van der Waals surface area contributed by atoms with E-state index in [0.29, 0.717) is 5.65 Å². The standard InChI is InChI=1S/C8H7N3O2S/c12-14(13)11-7-4-3-6-2-1-5-9-8(6)10-7/h1-5,14H,(H,9,10,11,12,13). The maximum Gasteiger partial charge on any atom is 0.223 e. The molecule has 1 N–H and O–H groups in total. The topological polar surface area (TPSA) is 72.0 Å². The molecule has 0 aliphatic heterocycles. The lowest BCUT2D eigenvalue weighted by atomic mass is 10.3. The first-order chi connectivity index (χ1) is 6.75. The number of hydrogen-bond donors (Lipinski definition) is 2. The van der Waals surface area contributed by atoms with E-state index in [1.54, 1.807) is 24.4 Å². The number of thiol groups is 1. The number of rotatable bonds is 2. The summed E-state index contributed by atoms with van der Waals surface area (Å²) in [6, 6.07) is 7.01. The molecule has 0 amide bonds. The van der Waals surface area contributed by atoms with Crippen molar-refractivity contribution in [3.8, 4) is 0 Å². The lowest BCUT2D eigenvalue weighted by Crippen LogP contribution is -1.97. The highest BCUT2D eigenvalue weighted by atomic mass is 32.2. The summed E-state index contributed by atoms with van der Waals surface area (Å²) in [6.45, 7) is 0. The largest absolute Gasteiger partial charge is 0.270 e. The molecule has 0 aromatic carbocycles. The Morgan fingerprint density at radius 2 is 2.07 bits per heavy atom. The molecule has 0 fully saturated rings. The van der Waals surface area contributed by atoms with Crippen LogP contribution in [0.25, 0.3) is 11.0 Å². The van der Waals surface area contributed by atoms with E-state index in [4.69, 9.17) is 0 Å². The van der Waals surface area contributed by atoms with Crippen molar-refractivity contribution in [2.24, 2.45) is 0 Å². The van der Waals surface area contributed by atoms with Gasteiger partial charge in [-0.05, 0) is 24.3 Å². The summed E-state index contributed by atoms with van der Waals surface area (Å²) in [7, 11) is -2.67. The third kappa shape index (κ3) is 1.80. The third-order valence-electron chi connectivity index (χ3n) is 1.67. The van der Waals surface area contributed by atoms with E-state index in [0.717, 1.165) is 5.39 Å². The van der Waals surface area contributed by atoms with Gasteiger partial charge in [0.2, 0.25) is 10.9 Å². The van der Waals surface area contributed by atoms with Crippen molar-refractivity contribution in [3.05, 3.63) is 30.5 Å². The Hall–Kier alpha value is -1.69. The van der Waals surface area contributed by atoms with Crippen LogP contribution in [0.4, 0.5) is 5.82 Å². The molecule has 0 aliphatic carbocycles. The molecule has 0 radical (unpaired) electrons. The fraction of sp³-hybridized carbons (Fsp3) is 0. The molecule has 0 saturated heterocycles. The van der Waals surface area contributed by atoms with Crippen LogP contribution in [0.2, 0.25) is 0 Å². The molecule has 2 rings (SSSR count). The molecule has 0 saturated carbocycles. The molecule has 5 nitrogen and oxygen atoms in total. The number of aromatic nitrogens is 2. The van der Waals surface area contributed by atoms with Crippen LogP contribution in [-0.4, -0.2) is 18.4 Å². The van der Waals surface area contributed by atoms with Gasteiger partial charge < -0.3 is 0 Å². The monoisotopic (exact) mass is 209 g/mol. The maximum absolute atomic E-state index is 10.4. The maximum atomic E-state index is 10.4. The van der Waals surface area contributed by atoms with E-state index in [9.17, 15) is 8.42 Å². The predicted molar refractivity (Wildman–Crippen MR) is 53.5 cm³/mol. The van der Waals surface area contributed by atoms with Crippen LogP contribution in [0.5, 0.6) is 0 Å². The van der Waals surface area contributed by atoms with Gasteiger partial charge in [0.1, 0.15) is 5.82 Å². The Balaban J connectivity index is 2.51. The van der Waals surface area contributed by atoms with Gasteiger partial charge >= 0.3 is 0 Å². The molecule has 2 aromatic heterocycles. The van der Waals surface area contributed by atoms with Gasteiger partial charge in [0.05, 0.1) is 0 Å². The second kappa shape index (κ2) is 3.59. The van der Waals surface area contributed by atoms with Crippen molar-refractivity contribution < 1.29 is 8.42 Å². The summed E-state index contributed by atoms with van der Waals surface area (Å²) >= 11 is 0. The van der Waals surface area contributed by atoms with E-state index in [1.807, 2.05) is 6.07 Å². The van der Waals surface area contributed by atoms with Crippen molar-refractivity contribution in [1.29, 1.82) is 0 Å². The molecular formula is C8H7N3O2S. The van der Waals surface area contributed by atoms with E-state index >= 15 is 0 Å². The van der Waals surface area contributed by atoms with Crippen molar-refractivity contribution in [2.45, 2.75) is 0 Å². The Labute approximate surface area is 81.9 Å². The molecule has 0 atom stereocenters. The summed E-state index contributed by atoms with van der Waals surface area (Å²) in [5.41, 5.74) is 0.523. The van der Waals surface area contributed by atoms with Crippen LogP contribution in [0, 0.1) is 0 Å². The number of anilines is 1. The first kappa shape index (κ1) is 8.89. The quantitative estimate of drug-likeness (QED) is 0.709. The highest BCUT2D eigenvalue weighted by Gasteiger charge is 1.97. The summed E-state index contributed by atoms with van der Waals surface area (Å²) in [5, 5.41) is 0.874. The van der Waals surface area contributed by atoms with Gasteiger partial charge in [-0.2, -0.15) is 0 Å². The molecule has 72 valence electrons. The van der Waals surface area contributed by atoms with Gasteiger partial charge in [-0.25, -0.2) is 18.4 Å². The Morgan fingerprint density at radius 3 is 2.86 bits per heavy atom. The summed E-state index contributed by atoms with van der Waals surface area (Å²) in [4.78, 5) is 8.01. The van der Waals surface area contributed by atoms with E-state index in [-0.39, 0.29) is 5.82 Å². The normalized spacial score (nSPS) is 10.6. The van der Waals surface area contributed by atoms with Gasteiger partial charge in [-0.3, -0.25) is 4.72 Å². The zero-order valence-electron chi connectivity index (χ0n) is 7.04. The van der Waals surface area contributed by atoms with E-state index in [2.05, 4.69) is 14.7 Å². The minimum atomic E-state index is -2.67. The van der Waals surface area contributed by atoms with E-state index in [1.165, 1.54) is 0 Å². The summed E-state index contributed by atoms with van der Waals surface area (Å²) in [6.07, 6.45) is 1.61. The smallest absolute Gasteiger partial charge is 0.223 e. The highest BCUT2D eigenvalue weighted by Crippen LogP contribution is 2.11. The number of pyridine rings is 2. The number of nitrogens with zero attached hydrogens (tertiary/aromatic N) is 2. The zero-order chi connectivity index (χ0) is 9.97. The third-order valence-corrected chi connectivity index (χ3v) is 2.08. The molecule has 0 spiro atoms. The zero-order valence-corrected chi connectivity index (χ0v) is 7.94. The molecule has 0 bridgehead atoms. The van der Waals surface area contributed by atoms with Crippen LogP contribution >= 0.6 is 0 Å². The van der Waals surface area contributed by atoms with Gasteiger partial charge in [0, 0.05) is 11.6 Å². The Bertz CT molecular complexity index is 531. The molecule has 6 heteroatoms.